The van der Waals surface area contributed by atoms with Gasteiger partial charge in [-0.15, -0.1) is 0 Å². The molecule has 1 fully saturated rings. The van der Waals surface area contributed by atoms with Crippen LogP contribution in [0.3, 0.4) is 0 Å². The molecule has 0 radical (unpaired) electrons. The van der Waals surface area contributed by atoms with Crippen LogP contribution in [0.5, 0.6) is 0 Å². The van der Waals surface area contributed by atoms with Gasteiger partial charge in [-0.3, -0.25) is 14.8 Å². The standard InChI is InChI=1S/C26H30N4O/c1-19-15-23(21-10-11-24(28-17-21)26(31)27-2)16-25(29-19)22-9-6-13-30(18-22)14-12-20-7-4-3-5-8-20/h3-5,7-8,10-11,15-17,22H,6,9,12-14,18H2,1-2H3,(H,27,31)/t22-/m0/s1. The number of piperidine rings is 1. The maximum Gasteiger partial charge on any atom is 0.269 e. The van der Waals surface area contributed by atoms with Crippen molar-refractivity contribution in [1.29, 1.82) is 0 Å². The van der Waals surface area contributed by atoms with Crippen LogP contribution in [0.15, 0.2) is 60.8 Å². The molecule has 1 saturated heterocycles. The number of likely N-dealkylation sites (tertiary alicyclic amines) is 1. The largest absolute Gasteiger partial charge is 0.354 e. The van der Waals surface area contributed by atoms with Crippen molar-refractivity contribution in [2.45, 2.75) is 32.1 Å². The van der Waals surface area contributed by atoms with Gasteiger partial charge in [-0.1, -0.05) is 36.4 Å². The molecule has 160 valence electrons. The van der Waals surface area contributed by atoms with E-state index in [2.05, 4.69) is 64.6 Å². The Labute approximate surface area is 184 Å². The number of benzene rings is 1. The molecule has 0 spiro atoms. The number of nitrogens with zero attached hydrogens (tertiary/aromatic N) is 3. The van der Waals surface area contributed by atoms with Gasteiger partial charge in [0.05, 0.1) is 0 Å². The van der Waals surface area contributed by atoms with E-state index in [9.17, 15) is 4.79 Å². The summed E-state index contributed by atoms with van der Waals surface area (Å²) in [5.74, 6) is 0.275. The monoisotopic (exact) mass is 414 g/mol. The van der Waals surface area contributed by atoms with Gasteiger partial charge >= 0.3 is 0 Å². The lowest BCUT2D eigenvalue weighted by molar-refractivity contribution is 0.0958. The van der Waals surface area contributed by atoms with Gasteiger partial charge in [-0.25, -0.2) is 0 Å². The van der Waals surface area contributed by atoms with Crippen molar-refractivity contribution in [3.63, 3.8) is 0 Å². The van der Waals surface area contributed by atoms with Crippen LogP contribution in [-0.2, 0) is 6.42 Å². The predicted octanol–water partition coefficient (Wildman–Crippen LogP) is 4.23. The van der Waals surface area contributed by atoms with Crippen LogP contribution in [0.2, 0.25) is 0 Å². The zero-order chi connectivity index (χ0) is 21.6. The Kier molecular flexibility index (Phi) is 6.73. The number of pyridine rings is 2. The van der Waals surface area contributed by atoms with E-state index in [-0.39, 0.29) is 5.91 Å². The van der Waals surface area contributed by atoms with Crippen molar-refractivity contribution in [2.75, 3.05) is 26.7 Å². The molecule has 5 heteroatoms. The summed E-state index contributed by atoms with van der Waals surface area (Å²) in [6.45, 7) is 5.35. The van der Waals surface area contributed by atoms with E-state index < -0.39 is 0 Å². The van der Waals surface area contributed by atoms with Crippen LogP contribution < -0.4 is 5.32 Å². The minimum absolute atomic E-state index is 0.170. The number of amides is 1. The second kappa shape index (κ2) is 9.84. The van der Waals surface area contributed by atoms with E-state index in [1.807, 2.05) is 6.07 Å². The third-order valence-corrected chi connectivity index (χ3v) is 6.01. The number of hydrogen-bond donors (Lipinski definition) is 1. The van der Waals surface area contributed by atoms with Crippen molar-refractivity contribution in [1.82, 2.24) is 20.2 Å². The Bertz CT molecular complexity index is 1020. The summed E-state index contributed by atoms with van der Waals surface area (Å²) in [7, 11) is 1.61. The molecule has 3 aromatic rings. The molecular formula is C26H30N4O. The zero-order valence-electron chi connectivity index (χ0n) is 18.3. The van der Waals surface area contributed by atoms with E-state index in [4.69, 9.17) is 4.98 Å². The quantitative estimate of drug-likeness (QED) is 0.656. The number of aromatic nitrogens is 2. The minimum atomic E-state index is -0.170. The fourth-order valence-corrected chi connectivity index (χ4v) is 4.33. The molecule has 1 aliphatic heterocycles. The van der Waals surface area contributed by atoms with Crippen LogP contribution in [-0.4, -0.2) is 47.5 Å². The molecule has 0 unspecified atom stereocenters. The lowest BCUT2D eigenvalue weighted by Gasteiger charge is -2.32. The van der Waals surface area contributed by atoms with Gasteiger partial charge in [0, 0.05) is 49.2 Å². The normalized spacial score (nSPS) is 16.8. The first-order valence-corrected chi connectivity index (χ1v) is 11.1. The smallest absolute Gasteiger partial charge is 0.269 e. The number of aryl methyl sites for hydroxylation is 1. The molecule has 4 rings (SSSR count). The van der Waals surface area contributed by atoms with Crippen LogP contribution in [0.4, 0.5) is 0 Å². The third kappa shape index (κ3) is 5.36. The van der Waals surface area contributed by atoms with Crippen LogP contribution in [0, 0.1) is 6.92 Å². The first-order valence-electron chi connectivity index (χ1n) is 11.1. The first-order chi connectivity index (χ1) is 15.1. The van der Waals surface area contributed by atoms with Crippen molar-refractivity contribution >= 4 is 5.91 Å². The Morgan fingerprint density at radius 2 is 1.97 bits per heavy atom. The van der Waals surface area contributed by atoms with Crippen molar-refractivity contribution in [2.24, 2.45) is 0 Å². The lowest BCUT2D eigenvalue weighted by atomic mass is 9.92. The number of hydrogen-bond acceptors (Lipinski definition) is 4. The maximum absolute atomic E-state index is 11.8. The topological polar surface area (TPSA) is 58.1 Å². The Balaban J connectivity index is 1.47. The molecule has 0 bridgehead atoms. The highest BCUT2D eigenvalue weighted by Gasteiger charge is 2.23. The fourth-order valence-electron chi connectivity index (χ4n) is 4.33. The minimum Gasteiger partial charge on any atom is -0.354 e. The molecule has 0 aliphatic carbocycles. The van der Waals surface area contributed by atoms with Gasteiger partial charge in [0.15, 0.2) is 0 Å². The summed E-state index contributed by atoms with van der Waals surface area (Å²) in [6.07, 6.45) is 5.23. The maximum atomic E-state index is 11.8. The second-order valence-electron chi connectivity index (χ2n) is 8.31. The summed E-state index contributed by atoms with van der Waals surface area (Å²) in [5, 5.41) is 2.61. The highest BCUT2D eigenvalue weighted by molar-refractivity contribution is 5.92. The molecule has 1 aromatic carbocycles. The highest BCUT2D eigenvalue weighted by Crippen LogP contribution is 2.29. The van der Waals surface area contributed by atoms with Crippen molar-refractivity contribution < 1.29 is 4.79 Å². The van der Waals surface area contributed by atoms with Gasteiger partial charge in [-0.05, 0) is 62.1 Å². The molecule has 1 N–H and O–H groups in total. The summed E-state index contributed by atoms with van der Waals surface area (Å²) in [6, 6.07) is 18.7. The third-order valence-electron chi connectivity index (χ3n) is 6.01. The lowest BCUT2D eigenvalue weighted by Crippen LogP contribution is -2.36. The molecule has 2 aromatic heterocycles. The first kappa shape index (κ1) is 21.2. The summed E-state index contributed by atoms with van der Waals surface area (Å²) >= 11 is 0. The fraction of sp³-hybridized carbons (Fsp3) is 0.346. The number of carbonyl (C=O) groups is 1. The van der Waals surface area contributed by atoms with Gasteiger partial charge in [0.2, 0.25) is 0 Å². The van der Waals surface area contributed by atoms with E-state index in [0.717, 1.165) is 48.6 Å². The van der Waals surface area contributed by atoms with Gasteiger partial charge in [0.1, 0.15) is 5.69 Å². The molecule has 5 nitrogen and oxygen atoms in total. The van der Waals surface area contributed by atoms with Crippen LogP contribution in [0.25, 0.3) is 11.1 Å². The molecule has 0 saturated carbocycles. The molecule has 31 heavy (non-hydrogen) atoms. The average Bonchev–Trinajstić information content (AvgIpc) is 2.83. The van der Waals surface area contributed by atoms with Crippen LogP contribution in [0.1, 0.15) is 46.2 Å². The molecular weight excluding hydrogens is 384 g/mol. The van der Waals surface area contributed by atoms with Crippen LogP contribution >= 0.6 is 0 Å². The van der Waals surface area contributed by atoms with E-state index >= 15 is 0 Å². The Morgan fingerprint density at radius 1 is 1.13 bits per heavy atom. The van der Waals surface area contributed by atoms with E-state index in [0.29, 0.717) is 11.6 Å². The Hall–Kier alpha value is -3.05. The van der Waals surface area contributed by atoms with E-state index in [1.165, 1.54) is 18.4 Å². The zero-order valence-corrected chi connectivity index (χ0v) is 18.3. The molecule has 1 amide bonds. The average molecular weight is 415 g/mol. The van der Waals surface area contributed by atoms with Crippen molar-refractivity contribution in [3.8, 4) is 11.1 Å². The molecule has 3 heterocycles. The van der Waals surface area contributed by atoms with Gasteiger partial charge in [-0.2, -0.15) is 0 Å². The molecule has 1 atom stereocenters. The van der Waals surface area contributed by atoms with Gasteiger partial charge in [0.25, 0.3) is 5.91 Å². The number of nitrogens with one attached hydrogen (secondary N) is 1. The summed E-state index contributed by atoms with van der Waals surface area (Å²) in [5.41, 5.74) is 6.13. The predicted molar refractivity (Wildman–Crippen MR) is 124 cm³/mol. The van der Waals surface area contributed by atoms with Crippen molar-refractivity contribution in [3.05, 3.63) is 83.4 Å². The summed E-state index contributed by atoms with van der Waals surface area (Å²) in [4.78, 5) is 23.5. The van der Waals surface area contributed by atoms with E-state index in [1.54, 1.807) is 19.3 Å². The highest BCUT2D eigenvalue weighted by atomic mass is 16.1. The second-order valence-corrected chi connectivity index (χ2v) is 8.31. The SMILES string of the molecule is CNC(=O)c1ccc(-c2cc(C)nc([C@H]3CCCN(CCc4ccccc4)C3)c2)cn1. The number of rotatable bonds is 6. The molecule has 1 aliphatic rings. The number of carbonyl (C=O) groups excluding carboxylic acids is 1. The Morgan fingerprint density at radius 3 is 2.71 bits per heavy atom. The summed E-state index contributed by atoms with van der Waals surface area (Å²) < 4.78 is 0. The van der Waals surface area contributed by atoms with Gasteiger partial charge < -0.3 is 10.2 Å².